The van der Waals surface area contributed by atoms with Gasteiger partial charge >= 0.3 is 0 Å². The quantitative estimate of drug-likeness (QED) is 0.744. The van der Waals surface area contributed by atoms with Crippen molar-refractivity contribution in [2.24, 2.45) is 0 Å². The maximum Gasteiger partial charge on any atom is 0.255 e. The van der Waals surface area contributed by atoms with Crippen LogP contribution in [0.1, 0.15) is 10.4 Å². The third-order valence-corrected chi connectivity index (χ3v) is 4.57. The molecule has 2 fully saturated rings. The summed E-state index contributed by atoms with van der Waals surface area (Å²) in [5.74, 6) is 0.547. The van der Waals surface area contributed by atoms with Crippen molar-refractivity contribution in [3.05, 3.63) is 23.9 Å². The number of carbonyl (C=O) groups is 2. The number of ether oxygens (including phenoxy) is 2. The number of nitrogens with zero attached hydrogens (tertiary/aromatic N) is 4. The van der Waals surface area contributed by atoms with E-state index in [1.807, 2.05) is 4.90 Å². The summed E-state index contributed by atoms with van der Waals surface area (Å²) >= 11 is 0. The van der Waals surface area contributed by atoms with E-state index in [0.29, 0.717) is 57.4 Å². The van der Waals surface area contributed by atoms with Crippen molar-refractivity contribution >= 4 is 11.8 Å². The van der Waals surface area contributed by atoms with Crippen molar-refractivity contribution < 1.29 is 19.1 Å². The molecular weight excluding hydrogens is 324 g/mol. The van der Waals surface area contributed by atoms with Crippen molar-refractivity contribution in [3.63, 3.8) is 0 Å². The van der Waals surface area contributed by atoms with Gasteiger partial charge in [-0.2, -0.15) is 0 Å². The lowest BCUT2D eigenvalue weighted by molar-refractivity contribution is -0.134. The van der Waals surface area contributed by atoms with Crippen LogP contribution < -0.4 is 4.74 Å². The van der Waals surface area contributed by atoms with Crippen molar-refractivity contribution in [1.82, 2.24) is 19.7 Å². The van der Waals surface area contributed by atoms with Crippen molar-refractivity contribution in [3.8, 4) is 5.88 Å². The number of rotatable bonds is 4. The van der Waals surface area contributed by atoms with Crippen LogP contribution in [0, 0.1) is 0 Å². The van der Waals surface area contributed by atoms with Gasteiger partial charge in [0.1, 0.15) is 0 Å². The van der Waals surface area contributed by atoms with Crippen LogP contribution in [0.2, 0.25) is 0 Å². The van der Waals surface area contributed by atoms with Crippen LogP contribution >= 0.6 is 0 Å². The Bertz CT molecular complexity index is 593. The topological polar surface area (TPSA) is 75.2 Å². The minimum atomic E-state index is -0.0598. The van der Waals surface area contributed by atoms with Crippen LogP contribution in [0.4, 0.5) is 0 Å². The van der Waals surface area contributed by atoms with Gasteiger partial charge in [-0.1, -0.05) is 0 Å². The molecule has 1 aromatic rings. The summed E-state index contributed by atoms with van der Waals surface area (Å²) in [7, 11) is 1.54. The van der Waals surface area contributed by atoms with Crippen molar-refractivity contribution in [2.45, 2.75) is 0 Å². The van der Waals surface area contributed by atoms with Gasteiger partial charge in [-0.3, -0.25) is 14.5 Å². The molecule has 2 aliphatic rings. The Labute approximate surface area is 147 Å². The van der Waals surface area contributed by atoms with E-state index in [-0.39, 0.29) is 11.8 Å². The summed E-state index contributed by atoms with van der Waals surface area (Å²) in [5.41, 5.74) is 0.536. The number of carbonyl (C=O) groups excluding carboxylic acids is 2. The molecular formula is C17H24N4O4. The number of hydrogen-bond donors (Lipinski definition) is 0. The lowest BCUT2D eigenvalue weighted by Gasteiger charge is -2.36. The first-order valence-electron chi connectivity index (χ1n) is 8.54. The zero-order chi connectivity index (χ0) is 17.6. The van der Waals surface area contributed by atoms with E-state index in [1.54, 1.807) is 17.0 Å². The molecule has 0 bridgehead atoms. The summed E-state index contributed by atoms with van der Waals surface area (Å²) in [5, 5.41) is 0. The number of methoxy groups -OCH3 is 1. The molecule has 136 valence electrons. The van der Waals surface area contributed by atoms with Gasteiger partial charge in [-0.15, -0.1) is 0 Å². The zero-order valence-corrected chi connectivity index (χ0v) is 14.5. The van der Waals surface area contributed by atoms with Gasteiger partial charge < -0.3 is 19.3 Å². The first-order valence-corrected chi connectivity index (χ1v) is 8.54. The predicted octanol–water partition coefficient (Wildman–Crippen LogP) is -0.293. The standard InChI is InChI=1S/C17H24N4O4/c1-24-15-3-2-14(12-18-15)17(23)21-6-4-20(5-7-21)16(22)13-19-8-10-25-11-9-19/h2-3,12H,4-11,13H2,1H3. The minimum Gasteiger partial charge on any atom is -0.481 e. The monoisotopic (exact) mass is 348 g/mol. The highest BCUT2D eigenvalue weighted by Crippen LogP contribution is 2.12. The van der Waals surface area contributed by atoms with E-state index >= 15 is 0 Å². The molecule has 0 aliphatic carbocycles. The molecule has 0 N–H and O–H groups in total. The van der Waals surface area contributed by atoms with Gasteiger partial charge in [0, 0.05) is 51.5 Å². The molecule has 8 heteroatoms. The minimum absolute atomic E-state index is 0.0598. The fraction of sp³-hybridized carbons (Fsp3) is 0.588. The molecule has 0 atom stereocenters. The number of amides is 2. The summed E-state index contributed by atoms with van der Waals surface area (Å²) < 4.78 is 10.3. The largest absolute Gasteiger partial charge is 0.481 e. The van der Waals surface area contributed by atoms with Crippen LogP contribution in [-0.2, 0) is 9.53 Å². The molecule has 0 spiro atoms. The molecule has 3 rings (SSSR count). The molecule has 3 heterocycles. The maximum absolute atomic E-state index is 12.5. The van der Waals surface area contributed by atoms with Crippen LogP contribution in [-0.4, -0.2) is 97.6 Å². The number of piperazine rings is 1. The smallest absolute Gasteiger partial charge is 0.255 e. The Morgan fingerprint density at radius 2 is 1.76 bits per heavy atom. The molecule has 0 saturated carbocycles. The van der Waals surface area contributed by atoms with Crippen LogP contribution in [0.3, 0.4) is 0 Å². The number of pyridine rings is 1. The lowest BCUT2D eigenvalue weighted by Crippen LogP contribution is -2.53. The fourth-order valence-corrected chi connectivity index (χ4v) is 3.02. The van der Waals surface area contributed by atoms with Gasteiger partial charge in [0.05, 0.1) is 32.4 Å². The highest BCUT2D eigenvalue weighted by atomic mass is 16.5. The van der Waals surface area contributed by atoms with Crippen molar-refractivity contribution in [1.29, 1.82) is 0 Å². The molecule has 8 nitrogen and oxygen atoms in total. The Kier molecular flexibility index (Phi) is 5.83. The molecule has 25 heavy (non-hydrogen) atoms. The lowest BCUT2D eigenvalue weighted by atomic mass is 10.2. The third-order valence-electron chi connectivity index (χ3n) is 4.57. The second-order valence-corrected chi connectivity index (χ2v) is 6.15. The Balaban J connectivity index is 1.48. The van der Waals surface area contributed by atoms with Gasteiger partial charge in [0.25, 0.3) is 5.91 Å². The molecule has 2 amide bonds. The maximum atomic E-state index is 12.5. The Morgan fingerprint density at radius 3 is 2.36 bits per heavy atom. The highest BCUT2D eigenvalue weighted by Gasteiger charge is 2.26. The first-order chi connectivity index (χ1) is 12.2. The van der Waals surface area contributed by atoms with Gasteiger partial charge in [-0.05, 0) is 6.07 Å². The zero-order valence-electron chi connectivity index (χ0n) is 14.5. The van der Waals surface area contributed by atoms with E-state index in [9.17, 15) is 9.59 Å². The average Bonchev–Trinajstić information content (AvgIpc) is 2.68. The molecule has 0 aromatic carbocycles. The number of aromatic nitrogens is 1. The Morgan fingerprint density at radius 1 is 1.08 bits per heavy atom. The van der Waals surface area contributed by atoms with E-state index in [0.717, 1.165) is 13.1 Å². The summed E-state index contributed by atoms with van der Waals surface area (Å²) in [6.07, 6.45) is 1.52. The molecule has 2 saturated heterocycles. The van der Waals surface area contributed by atoms with Crippen molar-refractivity contribution in [2.75, 3.05) is 66.1 Å². The molecule has 2 aliphatic heterocycles. The summed E-state index contributed by atoms with van der Waals surface area (Å²) in [4.78, 5) is 34.7. The first kappa shape index (κ1) is 17.6. The predicted molar refractivity (Wildman–Crippen MR) is 90.5 cm³/mol. The fourth-order valence-electron chi connectivity index (χ4n) is 3.02. The number of morpholine rings is 1. The number of hydrogen-bond acceptors (Lipinski definition) is 6. The van der Waals surface area contributed by atoms with E-state index in [1.165, 1.54) is 13.3 Å². The summed E-state index contributed by atoms with van der Waals surface area (Å²) in [6, 6.07) is 3.39. The normalized spacial score (nSPS) is 18.9. The third kappa shape index (κ3) is 4.46. The van der Waals surface area contributed by atoms with Gasteiger partial charge in [0.15, 0.2) is 0 Å². The van der Waals surface area contributed by atoms with E-state index in [4.69, 9.17) is 9.47 Å². The van der Waals surface area contributed by atoms with Crippen LogP contribution in [0.5, 0.6) is 5.88 Å². The van der Waals surface area contributed by atoms with E-state index < -0.39 is 0 Å². The van der Waals surface area contributed by atoms with Gasteiger partial charge in [0.2, 0.25) is 11.8 Å². The second kappa shape index (κ2) is 8.26. The molecule has 0 radical (unpaired) electrons. The van der Waals surface area contributed by atoms with Crippen LogP contribution in [0.15, 0.2) is 18.3 Å². The highest BCUT2D eigenvalue weighted by molar-refractivity contribution is 5.94. The van der Waals surface area contributed by atoms with Gasteiger partial charge in [-0.25, -0.2) is 4.98 Å². The Hall–Kier alpha value is -2.19. The second-order valence-electron chi connectivity index (χ2n) is 6.15. The average molecular weight is 348 g/mol. The summed E-state index contributed by atoms with van der Waals surface area (Å²) in [6.45, 7) is 5.62. The molecule has 1 aromatic heterocycles. The SMILES string of the molecule is COc1ccc(C(=O)N2CCN(C(=O)CN3CCOCC3)CC2)cn1. The van der Waals surface area contributed by atoms with Crippen LogP contribution in [0.25, 0.3) is 0 Å². The molecule has 0 unspecified atom stereocenters. The van der Waals surface area contributed by atoms with E-state index in [2.05, 4.69) is 9.88 Å².